The molecule has 0 aliphatic heterocycles. The molecule has 0 fully saturated rings. The molecule has 0 atom stereocenters. The lowest BCUT2D eigenvalue weighted by Gasteiger charge is -2.18. The number of carbonyl (C=O) groups excluding carboxylic acids is 1. The maximum absolute atomic E-state index is 12.3. The van der Waals surface area contributed by atoms with E-state index < -0.39 is 0 Å². The zero-order valence-corrected chi connectivity index (χ0v) is 11.7. The van der Waals surface area contributed by atoms with Crippen molar-refractivity contribution in [1.82, 2.24) is 4.98 Å². The van der Waals surface area contributed by atoms with Crippen molar-refractivity contribution in [2.24, 2.45) is 0 Å². The van der Waals surface area contributed by atoms with E-state index in [1.807, 2.05) is 38.1 Å². The molecule has 1 aromatic carbocycles. The van der Waals surface area contributed by atoms with Gasteiger partial charge in [0.2, 0.25) is 0 Å². The van der Waals surface area contributed by atoms with Gasteiger partial charge in [-0.15, -0.1) is 0 Å². The van der Waals surface area contributed by atoms with E-state index >= 15 is 0 Å². The maximum Gasteiger partial charge on any atom is 0.276 e. The van der Waals surface area contributed by atoms with Gasteiger partial charge in [0.05, 0.1) is 5.56 Å². The summed E-state index contributed by atoms with van der Waals surface area (Å²) in [5, 5.41) is 8.73. The zero-order valence-electron chi connectivity index (χ0n) is 11.7. The molecule has 0 N–H and O–H groups in total. The van der Waals surface area contributed by atoms with Crippen molar-refractivity contribution in [1.29, 1.82) is 5.26 Å². The van der Waals surface area contributed by atoms with Crippen LogP contribution in [0.3, 0.4) is 0 Å². The lowest BCUT2D eigenvalue weighted by molar-refractivity contribution is 0.0988. The van der Waals surface area contributed by atoms with Gasteiger partial charge in [0, 0.05) is 18.9 Å². The van der Waals surface area contributed by atoms with Crippen LogP contribution in [0.25, 0.3) is 0 Å². The molecule has 1 amide bonds. The maximum atomic E-state index is 12.3. The highest BCUT2D eigenvalue weighted by atomic mass is 16.2. The van der Waals surface area contributed by atoms with Crippen LogP contribution in [0.1, 0.15) is 27.2 Å². The van der Waals surface area contributed by atoms with E-state index in [1.54, 1.807) is 24.1 Å². The van der Waals surface area contributed by atoms with Crippen LogP contribution in [-0.4, -0.2) is 17.9 Å². The van der Waals surface area contributed by atoms with E-state index in [2.05, 4.69) is 4.98 Å². The smallest absolute Gasteiger partial charge is 0.276 e. The van der Waals surface area contributed by atoms with Crippen molar-refractivity contribution in [2.75, 3.05) is 11.9 Å². The Balaban J connectivity index is 2.27. The molecule has 0 aliphatic carbocycles. The third-order valence-electron chi connectivity index (χ3n) is 3.29. The number of amides is 1. The summed E-state index contributed by atoms with van der Waals surface area (Å²) in [7, 11) is 1.71. The van der Waals surface area contributed by atoms with Gasteiger partial charge < -0.3 is 4.90 Å². The number of rotatable bonds is 2. The summed E-state index contributed by atoms with van der Waals surface area (Å²) in [5.74, 6) is -0.197. The first-order chi connectivity index (χ1) is 9.52. The Bertz CT molecular complexity index is 684. The van der Waals surface area contributed by atoms with Gasteiger partial charge in [0.1, 0.15) is 11.8 Å². The molecule has 4 heteroatoms. The van der Waals surface area contributed by atoms with Gasteiger partial charge in [-0.1, -0.05) is 6.07 Å². The second-order valence-electron chi connectivity index (χ2n) is 4.68. The van der Waals surface area contributed by atoms with Crippen LogP contribution >= 0.6 is 0 Å². The molecule has 1 heterocycles. The molecule has 2 aromatic rings. The van der Waals surface area contributed by atoms with Gasteiger partial charge in [0.25, 0.3) is 5.91 Å². The molecule has 0 unspecified atom stereocenters. The van der Waals surface area contributed by atoms with E-state index in [4.69, 9.17) is 5.26 Å². The molecule has 100 valence electrons. The average molecular weight is 265 g/mol. The minimum Gasteiger partial charge on any atom is -0.310 e. The van der Waals surface area contributed by atoms with E-state index in [0.29, 0.717) is 11.3 Å². The molecule has 0 spiro atoms. The van der Waals surface area contributed by atoms with Gasteiger partial charge in [0.15, 0.2) is 0 Å². The Labute approximate surface area is 118 Å². The first-order valence-electron chi connectivity index (χ1n) is 6.24. The van der Waals surface area contributed by atoms with Crippen LogP contribution in [-0.2, 0) is 0 Å². The highest BCUT2D eigenvalue weighted by molar-refractivity contribution is 6.04. The Morgan fingerprint density at radius 3 is 2.50 bits per heavy atom. The topological polar surface area (TPSA) is 57.0 Å². The Morgan fingerprint density at radius 2 is 1.95 bits per heavy atom. The normalized spacial score (nSPS) is 9.90. The van der Waals surface area contributed by atoms with Crippen LogP contribution < -0.4 is 4.90 Å². The third-order valence-corrected chi connectivity index (χ3v) is 3.29. The van der Waals surface area contributed by atoms with E-state index in [1.165, 1.54) is 11.8 Å². The summed E-state index contributed by atoms with van der Waals surface area (Å²) >= 11 is 0. The molecule has 0 bridgehead atoms. The number of pyridine rings is 1. The molecule has 0 aliphatic rings. The van der Waals surface area contributed by atoms with E-state index in [0.717, 1.165) is 11.3 Å². The Morgan fingerprint density at radius 1 is 1.20 bits per heavy atom. The van der Waals surface area contributed by atoms with Crippen LogP contribution in [0.2, 0.25) is 0 Å². The monoisotopic (exact) mass is 265 g/mol. The number of benzene rings is 1. The first kappa shape index (κ1) is 13.8. The average Bonchev–Trinajstić information content (AvgIpc) is 2.48. The summed E-state index contributed by atoms with van der Waals surface area (Å²) in [4.78, 5) is 17.9. The molecule has 1 aromatic heterocycles. The van der Waals surface area contributed by atoms with Crippen LogP contribution in [0.15, 0.2) is 36.5 Å². The number of hydrogen-bond donors (Lipinski definition) is 0. The summed E-state index contributed by atoms with van der Waals surface area (Å²) in [6, 6.07) is 11.0. The molecular formula is C16H15N3O. The molecule has 20 heavy (non-hydrogen) atoms. The van der Waals surface area contributed by atoms with Crippen molar-refractivity contribution in [3.63, 3.8) is 0 Å². The number of nitriles is 1. The number of hydrogen-bond acceptors (Lipinski definition) is 3. The van der Waals surface area contributed by atoms with E-state index in [9.17, 15) is 4.79 Å². The zero-order chi connectivity index (χ0) is 14.7. The summed E-state index contributed by atoms with van der Waals surface area (Å²) in [6.45, 7) is 4.04. The third kappa shape index (κ3) is 2.67. The van der Waals surface area contributed by atoms with Crippen molar-refractivity contribution in [3.8, 4) is 6.07 Å². The molecule has 0 radical (unpaired) electrons. The van der Waals surface area contributed by atoms with Gasteiger partial charge in [-0.05, 0) is 49.2 Å². The highest BCUT2D eigenvalue weighted by Crippen LogP contribution is 2.19. The standard InChI is InChI=1S/C16H15N3O/c1-11-4-6-14(8-12(11)2)19(3)16(20)15-7-5-13(9-17)10-18-15/h4-8,10H,1-3H3. The van der Waals surface area contributed by atoms with Crippen molar-refractivity contribution >= 4 is 11.6 Å². The molecule has 0 saturated heterocycles. The predicted octanol–water partition coefficient (Wildman–Crippen LogP) is 2.85. The number of aryl methyl sites for hydroxylation is 2. The lowest BCUT2D eigenvalue weighted by atomic mass is 10.1. The van der Waals surface area contributed by atoms with Gasteiger partial charge in [-0.3, -0.25) is 4.79 Å². The Kier molecular flexibility index (Phi) is 3.81. The quantitative estimate of drug-likeness (QED) is 0.839. The van der Waals surface area contributed by atoms with Gasteiger partial charge in [-0.2, -0.15) is 5.26 Å². The second kappa shape index (κ2) is 5.54. The Hall–Kier alpha value is -2.67. The summed E-state index contributed by atoms with van der Waals surface area (Å²) < 4.78 is 0. The molecular weight excluding hydrogens is 250 g/mol. The SMILES string of the molecule is Cc1ccc(N(C)C(=O)c2ccc(C#N)cn2)cc1C. The number of nitrogens with zero attached hydrogens (tertiary/aromatic N) is 3. The molecule has 0 saturated carbocycles. The van der Waals surface area contributed by atoms with E-state index in [-0.39, 0.29) is 5.91 Å². The lowest BCUT2D eigenvalue weighted by Crippen LogP contribution is -2.27. The van der Waals surface area contributed by atoms with Gasteiger partial charge in [-0.25, -0.2) is 4.98 Å². The van der Waals surface area contributed by atoms with Crippen LogP contribution in [0, 0.1) is 25.2 Å². The number of anilines is 1. The summed E-state index contributed by atoms with van der Waals surface area (Å²) in [6.07, 6.45) is 1.40. The largest absolute Gasteiger partial charge is 0.310 e. The molecule has 2 rings (SSSR count). The first-order valence-corrected chi connectivity index (χ1v) is 6.24. The minimum absolute atomic E-state index is 0.197. The fourth-order valence-corrected chi connectivity index (χ4v) is 1.81. The van der Waals surface area contributed by atoms with Crippen molar-refractivity contribution in [2.45, 2.75) is 13.8 Å². The summed E-state index contributed by atoms with van der Waals surface area (Å²) in [5.41, 5.74) is 3.91. The number of carbonyl (C=O) groups is 1. The van der Waals surface area contributed by atoms with Crippen molar-refractivity contribution < 1.29 is 4.79 Å². The predicted molar refractivity (Wildman–Crippen MR) is 77.6 cm³/mol. The second-order valence-corrected chi connectivity index (χ2v) is 4.68. The minimum atomic E-state index is -0.197. The molecule has 4 nitrogen and oxygen atoms in total. The van der Waals surface area contributed by atoms with Crippen LogP contribution in [0.5, 0.6) is 0 Å². The van der Waals surface area contributed by atoms with Crippen molar-refractivity contribution in [3.05, 3.63) is 58.9 Å². The fourth-order valence-electron chi connectivity index (χ4n) is 1.81. The number of aromatic nitrogens is 1. The fraction of sp³-hybridized carbons (Fsp3) is 0.188. The van der Waals surface area contributed by atoms with Gasteiger partial charge >= 0.3 is 0 Å². The van der Waals surface area contributed by atoms with Crippen LogP contribution in [0.4, 0.5) is 5.69 Å². The highest BCUT2D eigenvalue weighted by Gasteiger charge is 2.15.